The van der Waals surface area contributed by atoms with Gasteiger partial charge in [0.1, 0.15) is 0 Å². The van der Waals surface area contributed by atoms with Crippen LogP contribution < -0.4 is 0 Å². The van der Waals surface area contributed by atoms with Crippen molar-refractivity contribution in [2.45, 2.75) is 32.6 Å². The molecule has 0 aliphatic heterocycles. The Hall–Kier alpha value is -0.610. The van der Waals surface area contributed by atoms with Crippen molar-refractivity contribution in [2.75, 3.05) is 26.9 Å². The van der Waals surface area contributed by atoms with E-state index in [0.29, 0.717) is 32.7 Å². The van der Waals surface area contributed by atoms with Crippen LogP contribution in [0.1, 0.15) is 32.6 Å². The molecular formula is C11H22O4. The van der Waals surface area contributed by atoms with Crippen molar-refractivity contribution >= 4 is 5.97 Å². The van der Waals surface area contributed by atoms with Gasteiger partial charge in [-0.3, -0.25) is 4.79 Å². The molecule has 0 bridgehead atoms. The third-order valence-electron chi connectivity index (χ3n) is 2.30. The summed E-state index contributed by atoms with van der Waals surface area (Å²) in [7, 11) is 1.63. The van der Waals surface area contributed by atoms with Crippen LogP contribution in [0.4, 0.5) is 0 Å². The lowest BCUT2D eigenvalue weighted by molar-refractivity contribution is -0.142. The Morgan fingerprint density at radius 1 is 1.27 bits per heavy atom. The zero-order valence-electron chi connectivity index (χ0n) is 9.70. The van der Waals surface area contributed by atoms with Gasteiger partial charge in [0.25, 0.3) is 0 Å². The van der Waals surface area contributed by atoms with Crippen LogP contribution in [-0.4, -0.2) is 38.0 Å². The van der Waals surface area contributed by atoms with Gasteiger partial charge in [0.2, 0.25) is 0 Å². The second-order valence-electron chi connectivity index (χ2n) is 3.51. The first kappa shape index (κ1) is 14.4. The van der Waals surface area contributed by atoms with E-state index >= 15 is 0 Å². The first-order valence-electron chi connectivity index (χ1n) is 5.51. The van der Waals surface area contributed by atoms with Crippen molar-refractivity contribution in [3.05, 3.63) is 0 Å². The van der Waals surface area contributed by atoms with Gasteiger partial charge in [-0.15, -0.1) is 0 Å². The molecule has 0 aromatic heterocycles. The molecule has 0 spiro atoms. The molecule has 0 amide bonds. The monoisotopic (exact) mass is 218 g/mol. The number of rotatable bonds is 10. The number of hydrogen-bond acceptors (Lipinski definition) is 3. The molecule has 0 radical (unpaired) electrons. The summed E-state index contributed by atoms with van der Waals surface area (Å²) in [4.78, 5) is 10.9. The normalized spacial score (nSPS) is 12.7. The summed E-state index contributed by atoms with van der Waals surface area (Å²) in [6.07, 6.45) is 3.01. The van der Waals surface area contributed by atoms with Gasteiger partial charge in [-0.1, -0.05) is 0 Å². The predicted octanol–water partition coefficient (Wildman–Crippen LogP) is 1.93. The van der Waals surface area contributed by atoms with Crippen molar-refractivity contribution in [2.24, 2.45) is 5.92 Å². The summed E-state index contributed by atoms with van der Waals surface area (Å²) < 4.78 is 10.1. The second kappa shape index (κ2) is 9.93. The Kier molecular flexibility index (Phi) is 9.52. The van der Waals surface area contributed by atoms with E-state index in [1.807, 2.05) is 6.92 Å². The molecule has 0 aromatic carbocycles. The summed E-state index contributed by atoms with van der Waals surface area (Å²) in [6.45, 7) is 3.93. The number of hydrogen-bond donors (Lipinski definition) is 1. The van der Waals surface area contributed by atoms with Gasteiger partial charge >= 0.3 is 5.97 Å². The van der Waals surface area contributed by atoms with Crippen LogP contribution in [0.25, 0.3) is 0 Å². The van der Waals surface area contributed by atoms with Gasteiger partial charge in [-0.25, -0.2) is 0 Å². The van der Waals surface area contributed by atoms with Crippen molar-refractivity contribution < 1.29 is 19.4 Å². The van der Waals surface area contributed by atoms with E-state index in [9.17, 15) is 4.79 Å². The minimum absolute atomic E-state index is 0.249. The molecule has 15 heavy (non-hydrogen) atoms. The van der Waals surface area contributed by atoms with Crippen LogP contribution in [-0.2, 0) is 14.3 Å². The van der Waals surface area contributed by atoms with Gasteiger partial charge < -0.3 is 14.6 Å². The van der Waals surface area contributed by atoms with Gasteiger partial charge in [-0.05, 0) is 32.6 Å². The summed E-state index contributed by atoms with van der Waals surface area (Å²) in [5.74, 6) is -0.955. The third kappa shape index (κ3) is 8.39. The van der Waals surface area contributed by atoms with Gasteiger partial charge in [0.05, 0.1) is 5.92 Å². The Morgan fingerprint density at radius 2 is 1.87 bits per heavy atom. The molecule has 4 nitrogen and oxygen atoms in total. The van der Waals surface area contributed by atoms with E-state index in [2.05, 4.69) is 0 Å². The van der Waals surface area contributed by atoms with Crippen LogP contribution in [0.2, 0.25) is 0 Å². The minimum atomic E-state index is -0.706. The third-order valence-corrected chi connectivity index (χ3v) is 2.30. The van der Waals surface area contributed by atoms with Crippen LogP contribution >= 0.6 is 0 Å². The van der Waals surface area contributed by atoms with Crippen LogP contribution in [0.5, 0.6) is 0 Å². The highest BCUT2D eigenvalue weighted by Gasteiger charge is 2.16. The number of methoxy groups -OCH3 is 1. The van der Waals surface area contributed by atoms with E-state index < -0.39 is 5.97 Å². The summed E-state index contributed by atoms with van der Waals surface area (Å²) in [5, 5.41) is 8.95. The molecule has 4 heteroatoms. The van der Waals surface area contributed by atoms with E-state index in [4.69, 9.17) is 14.6 Å². The summed E-state index contributed by atoms with van der Waals surface area (Å²) in [6, 6.07) is 0. The van der Waals surface area contributed by atoms with E-state index in [0.717, 1.165) is 12.8 Å². The maximum Gasteiger partial charge on any atom is 0.306 e. The molecule has 0 saturated heterocycles. The Balaban J connectivity index is 3.59. The average molecular weight is 218 g/mol. The maximum atomic E-state index is 10.9. The first-order chi connectivity index (χ1) is 7.22. The number of aliphatic carboxylic acids is 1. The molecule has 0 aliphatic rings. The predicted molar refractivity (Wildman–Crippen MR) is 58.0 cm³/mol. The highest BCUT2D eigenvalue weighted by molar-refractivity contribution is 5.69. The molecule has 0 heterocycles. The fraction of sp³-hybridized carbons (Fsp3) is 0.909. The number of carboxylic acids is 1. The fourth-order valence-corrected chi connectivity index (χ4v) is 1.44. The van der Waals surface area contributed by atoms with Crippen molar-refractivity contribution in [1.29, 1.82) is 0 Å². The van der Waals surface area contributed by atoms with Crippen LogP contribution in [0.3, 0.4) is 0 Å². The van der Waals surface area contributed by atoms with Crippen LogP contribution in [0.15, 0.2) is 0 Å². The zero-order valence-corrected chi connectivity index (χ0v) is 9.70. The largest absolute Gasteiger partial charge is 0.481 e. The van der Waals surface area contributed by atoms with E-state index in [1.54, 1.807) is 7.11 Å². The molecule has 1 atom stereocenters. The van der Waals surface area contributed by atoms with Gasteiger partial charge in [-0.2, -0.15) is 0 Å². The molecule has 0 aromatic rings. The molecule has 90 valence electrons. The molecule has 0 rings (SSSR count). The topological polar surface area (TPSA) is 55.8 Å². The summed E-state index contributed by atoms with van der Waals surface area (Å²) in [5.41, 5.74) is 0. The Morgan fingerprint density at radius 3 is 2.33 bits per heavy atom. The lowest BCUT2D eigenvalue weighted by Crippen LogP contribution is -2.15. The molecule has 1 unspecified atom stereocenters. The Bertz CT molecular complexity index is 159. The van der Waals surface area contributed by atoms with Gasteiger partial charge in [0, 0.05) is 26.9 Å². The highest BCUT2D eigenvalue weighted by Crippen LogP contribution is 2.14. The van der Waals surface area contributed by atoms with Gasteiger partial charge in [0.15, 0.2) is 0 Å². The second-order valence-corrected chi connectivity index (χ2v) is 3.51. The maximum absolute atomic E-state index is 10.9. The average Bonchev–Trinajstić information content (AvgIpc) is 2.21. The molecule has 0 saturated carbocycles. The summed E-state index contributed by atoms with van der Waals surface area (Å²) >= 11 is 0. The van der Waals surface area contributed by atoms with Crippen molar-refractivity contribution in [1.82, 2.24) is 0 Å². The number of ether oxygens (including phenoxy) is 2. The zero-order chi connectivity index (χ0) is 11.5. The fourth-order valence-electron chi connectivity index (χ4n) is 1.44. The molecule has 0 aliphatic carbocycles. The van der Waals surface area contributed by atoms with E-state index in [1.165, 1.54) is 0 Å². The molecular weight excluding hydrogens is 196 g/mol. The van der Waals surface area contributed by atoms with Crippen molar-refractivity contribution in [3.8, 4) is 0 Å². The minimum Gasteiger partial charge on any atom is -0.481 e. The number of carbonyl (C=O) groups is 1. The molecule has 0 fully saturated rings. The molecule has 1 N–H and O–H groups in total. The number of carboxylic acid groups (broad SMARTS) is 1. The SMILES string of the molecule is CCOCCCC(CCCOC)C(=O)O. The first-order valence-corrected chi connectivity index (χ1v) is 5.51. The lowest BCUT2D eigenvalue weighted by Gasteiger charge is -2.11. The Labute approximate surface area is 91.6 Å². The smallest absolute Gasteiger partial charge is 0.306 e. The standard InChI is InChI=1S/C11H22O4/c1-3-15-9-5-7-10(11(12)13)6-4-8-14-2/h10H,3-9H2,1-2H3,(H,12,13). The quantitative estimate of drug-likeness (QED) is 0.569. The van der Waals surface area contributed by atoms with Crippen molar-refractivity contribution in [3.63, 3.8) is 0 Å². The van der Waals surface area contributed by atoms with Crippen LogP contribution in [0, 0.1) is 5.92 Å². The lowest BCUT2D eigenvalue weighted by atomic mass is 9.98. The highest BCUT2D eigenvalue weighted by atomic mass is 16.5. The van der Waals surface area contributed by atoms with E-state index in [-0.39, 0.29) is 5.92 Å².